The lowest BCUT2D eigenvalue weighted by molar-refractivity contribution is 0.718. The van der Waals surface area contributed by atoms with Gasteiger partial charge in [0.05, 0.1) is 17.3 Å². The molecule has 1 saturated carbocycles. The van der Waals surface area contributed by atoms with Crippen LogP contribution in [-0.4, -0.2) is 26.3 Å². The summed E-state index contributed by atoms with van der Waals surface area (Å²) in [7, 11) is 0. The highest BCUT2D eigenvalue weighted by Crippen LogP contribution is 2.61. The molecule has 3 unspecified atom stereocenters. The average Bonchev–Trinajstić information content (AvgIpc) is 3.05. The Hall–Kier alpha value is -3.21. The molecule has 0 amide bonds. The smallest absolute Gasteiger partial charge is 0.168 e. The van der Waals surface area contributed by atoms with E-state index in [1.807, 2.05) is 41.2 Å². The minimum atomic E-state index is 0.703. The molecule has 6 rings (SSSR count). The molecule has 0 spiro atoms. The molecule has 2 aromatic carbocycles. The number of hydrogen-bond acceptors (Lipinski definition) is 4. The average molecular weight is 353 g/mol. The maximum Gasteiger partial charge on any atom is 0.168 e. The first kappa shape index (κ1) is 14.9. The number of nitrogens with zero attached hydrogens (tertiary/aromatic N) is 4. The van der Waals surface area contributed by atoms with Crippen molar-refractivity contribution in [1.82, 2.24) is 19.7 Å². The van der Waals surface area contributed by atoms with Gasteiger partial charge in [-0.05, 0) is 47.4 Å². The molecule has 3 atom stereocenters. The van der Waals surface area contributed by atoms with E-state index in [1.54, 1.807) is 11.9 Å². The van der Waals surface area contributed by atoms with Crippen molar-refractivity contribution in [2.75, 3.05) is 11.9 Å². The summed E-state index contributed by atoms with van der Waals surface area (Å²) in [6.07, 6.45) is 4.70. The topological polar surface area (TPSA) is 55.6 Å². The Morgan fingerprint density at radius 1 is 1.00 bits per heavy atom. The third-order valence-electron chi connectivity index (χ3n) is 6.07. The number of anilines is 1. The lowest BCUT2D eigenvalue weighted by Gasteiger charge is -2.10. The third kappa shape index (κ3) is 2.28. The zero-order valence-corrected chi connectivity index (χ0v) is 14.8. The molecule has 2 aliphatic carbocycles. The second-order valence-corrected chi connectivity index (χ2v) is 7.49. The van der Waals surface area contributed by atoms with Gasteiger partial charge in [-0.15, -0.1) is 0 Å². The number of benzene rings is 2. The summed E-state index contributed by atoms with van der Waals surface area (Å²) in [6.45, 7) is 0.951. The number of hydrogen-bond donors (Lipinski definition) is 1. The third-order valence-corrected chi connectivity index (χ3v) is 6.07. The molecule has 132 valence electrons. The molecule has 2 heterocycles. The Morgan fingerprint density at radius 3 is 2.78 bits per heavy atom. The van der Waals surface area contributed by atoms with Crippen LogP contribution in [0, 0.1) is 11.8 Å². The molecule has 5 nitrogen and oxygen atoms in total. The molecule has 1 fully saturated rings. The Labute approximate surface area is 157 Å². The van der Waals surface area contributed by atoms with E-state index in [0.717, 1.165) is 40.9 Å². The van der Waals surface area contributed by atoms with E-state index in [0.29, 0.717) is 5.92 Å². The lowest BCUT2D eigenvalue weighted by Crippen LogP contribution is -2.09. The zero-order valence-electron chi connectivity index (χ0n) is 14.8. The van der Waals surface area contributed by atoms with Crippen molar-refractivity contribution in [1.29, 1.82) is 0 Å². The first-order valence-electron chi connectivity index (χ1n) is 9.46. The highest BCUT2D eigenvalue weighted by Gasteiger charge is 2.54. The summed E-state index contributed by atoms with van der Waals surface area (Å²) in [5.74, 6) is 3.09. The van der Waals surface area contributed by atoms with Crippen LogP contribution < -0.4 is 5.32 Å². The molecular formula is C22H19N5. The second kappa shape index (κ2) is 5.64. The van der Waals surface area contributed by atoms with Crippen LogP contribution in [-0.2, 0) is 6.42 Å². The van der Waals surface area contributed by atoms with E-state index in [1.165, 1.54) is 12.0 Å². The first-order valence-corrected chi connectivity index (χ1v) is 9.46. The maximum absolute atomic E-state index is 4.53. The van der Waals surface area contributed by atoms with E-state index in [4.69, 9.17) is 0 Å². The molecule has 27 heavy (non-hydrogen) atoms. The highest BCUT2D eigenvalue weighted by molar-refractivity contribution is 5.87. The fraction of sp³-hybridized carbons (Fsp3) is 0.227. The molecule has 0 aliphatic heterocycles. The fourth-order valence-corrected chi connectivity index (χ4v) is 4.72. The van der Waals surface area contributed by atoms with Crippen LogP contribution in [0.25, 0.3) is 16.7 Å². The summed E-state index contributed by atoms with van der Waals surface area (Å²) in [5, 5.41) is 9.06. The minimum Gasteiger partial charge on any atom is -0.369 e. The first-order chi connectivity index (χ1) is 13.4. The molecule has 2 aliphatic rings. The van der Waals surface area contributed by atoms with Crippen molar-refractivity contribution >= 4 is 16.9 Å². The molecule has 4 aromatic rings. The zero-order chi connectivity index (χ0) is 17.8. The van der Waals surface area contributed by atoms with E-state index in [2.05, 4.69) is 44.6 Å². The predicted molar refractivity (Wildman–Crippen MR) is 105 cm³/mol. The van der Waals surface area contributed by atoms with E-state index < -0.39 is 0 Å². The summed E-state index contributed by atoms with van der Waals surface area (Å²) < 4.78 is 1.87. The molecular weight excluding hydrogens is 334 g/mol. The maximum atomic E-state index is 4.53. The van der Waals surface area contributed by atoms with Gasteiger partial charge in [0.25, 0.3) is 0 Å². The molecule has 0 saturated heterocycles. The van der Waals surface area contributed by atoms with Gasteiger partial charge in [0.15, 0.2) is 5.65 Å². The molecule has 1 N–H and O–H groups in total. The van der Waals surface area contributed by atoms with Gasteiger partial charge in [-0.25, -0.2) is 14.6 Å². The van der Waals surface area contributed by atoms with E-state index in [9.17, 15) is 0 Å². The van der Waals surface area contributed by atoms with Gasteiger partial charge < -0.3 is 5.32 Å². The van der Waals surface area contributed by atoms with Crippen molar-refractivity contribution in [2.24, 2.45) is 11.8 Å². The van der Waals surface area contributed by atoms with Crippen molar-refractivity contribution < 1.29 is 0 Å². The van der Waals surface area contributed by atoms with Crippen molar-refractivity contribution in [3.05, 3.63) is 78.2 Å². The van der Waals surface area contributed by atoms with Crippen LogP contribution in [0.1, 0.15) is 17.0 Å². The van der Waals surface area contributed by atoms with Crippen LogP contribution in [0.15, 0.2) is 67.1 Å². The fourth-order valence-electron chi connectivity index (χ4n) is 4.72. The van der Waals surface area contributed by atoms with Crippen molar-refractivity contribution in [3.63, 3.8) is 0 Å². The summed E-state index contributed by atoms with van der Waals surface area (Å²) in [6, 6.07) is 19.0. The summed E-state index contributed by atoms with van der Waals surface area (Å²) >= 11 is 0. The van der Waals surface area contributed by atoms with E-state index in [-0.39, 0.29) is 0 Å². The Kier molecular flexibility index (Phi) is 3.12. The Balaban J connectivity index is 1.25. The van der Waals surface area contributed by atoms with Gasteiger partial charge in [0.1, 0.15) is 12.1 Å². The number of aromatic nitrogens is 4. The van der Waals surface area contributed by atoms with Gasteiger partial charge >= 0.3 is 0 Å². The van der Waals surface area contributed by atoms with Gasteiger partial charge in [0.2, 0.25) is 0 Å². The largest absolute Gasteiger partial charge is 0.369 e. The normalized spacial score (nSPS) is 22.4. The highest BCUT2D eigenvalue weighted by atomic mass is 15.3. The van der Waals surface area contributed by atoms with Gasteiger partial charge in [0, 0.05) is 6.54 Å². The number of fused-ring (bicyclic) bond motifs is 4. The quantitative estimate of drug-likeness (QED) is 0.606. The van der Waals surface area contributed by atoms with Crippen LogP contribution in [0.5, 0.6) is 0 Å². The molecule has 0 bridgehead atoms. The number of rotatable bonds is 4. The van der Waals surface area contributed by atoms with Crippen molar-refractivity contribution in [3.8, 4) is 5.69 Å². The SMILES string of the molecule is c1ccc(-n2ncc3c(NCC4C5Cc6ccccc6C45)ncnc32)cc1. The van der Waals surface area contributed by atoms with Crippen LogP contribution in [0.2, 0.25) is 0 Å². The summed E-state index contributed by atoms with van der Waals surface area (Å²) in [4.78, 5) is 8.93. The van der Waals surface area contributed by atoms with Gasteiger partial charge in [-0.1, -0.05) is 42.5 Å². The molecule has 0 radical (unpaired) electrons. The number of para-hydroxylation sites is 1. The van der Waals surface area contributed by atoms with Crippen LogP contribution >= 0.6 is 0 Å². The Morgan fingerprint density at radius 2 is 1.85 bits per heavy atom. The number of nitrogens with one attached hydrogen (secondary N) is 1. The lowest BCUT2D eigenvalue weighted by atomic mass is 10.0. The summed E-state index contributed by atoms with van der Waals surface area (Å²) in [5.41, 5.74) is 4.93. The predicted octanol–water partition coefficient (Wildman–Crippen LogP) is 3.81. The van der Waals surface area contributed by atoms with E-state index >= 15 is 0 Å². The minimum absolute atomic E-state index is 0.703. The monoisotopic (exact) mass is 353 g/mol. The Bertz CT molecular complexity index is 1130. The molecule has 5 heteroatoms. The van der Waals surface area contributed by atoms with Crippen molar-refractivity contribution in [2.45, 2.75) is 12.3 Å². The standard InChI is InChI=1S/C22H19N5/c1-2-7-15(8-3-1)27-22-19(12-26-27)21(24-13-25-22)23-11-18-17-10-14-6-4-5-9-16(14)20(17)18/h1-9,12-13,17-18,20H,10-11H2,(H,23,24,25). The molecule has 2 aromatic heterocycles. The second-order valence-electron chi connectivity index (χ2n) is 7.49. The van der Waals surface area contributed by atoms with Gasteiger partial charge in [-0.3, -0.25) is 0 Å². The van der Waals surface area contributed by atoms with Crippen LogP contribution in [0.3, 0.4) is 0 Å². The van der Waals surface area contributed by atoms with Crippen LogP contribution in [0.4, 0.5) is 5.82 Å². The van der Waals surface area contributed by atoms with Gasteiger partial charge in [-0.2, -0.15) is 5.10 Å².